The number of amidine groups is 1. The molecule has 12 heteroatoms. The Morgan fingerprint density at radius 3 is 2.60 bits per heavy atom. The minimum atomic E-state index is -3.41. The van der Waals surface area contributed by atoms with Gasteiger partial charge in [-0.15, -0.1) is 0 Å². The standard InChI is InChI=1S/C23H23F3N6O2S/c1-21(2)20(28)32-22(3,18-9-23(25,26)12-30-35(18,21)34)19-15(24)6-5-14(31-19)8-17(33)16-7-4-13(10-27)11-29-16/h4-7,11,18H,8-9,12H2,1-3H3,(H2,28,32)/t18-,22+,35-/m1/s1. The number of Topliss-reactive ketones (excluding diaryl/α,β-unsaturated/α-hetero) is 1. The average Bonchev–Trinajstić information content (AvgIpc) is 2.80. The smallest absolute Gasteiger partial charge is 0.269 e. The molecule has 3 atom stereocenters. The van der Waals surface area contributed by atoms with Crippen LogP contribution in [-0.4, -0.2) is 48.3 Å². The zero-order valence-electron chi connectivity index (χ0n) is 19.3. The molecule has 8 nitrogen and oxygen atoms in total. The molecule has 0 fully saturated rings. The van der Waals surface area contributed by atoms with Crippen LogP contribution in [-0.2, 0) is 21.7 Å². The quantitative estimate of drug-likeness (QED) is 0.636. The van der Waals surface area contributed by atoms with Crippen molar-refractivity contribution in [3.05, 3.63) is 58.9 Å². The van der Waals surface area contributed by atoms with Crippen LogP contribution in [0.4, 0.5) is 13.2 Å². The van der Waals surface area contributed by atoms with Gasteiger partial charge in [0.2, 0.25) is 0 Å². The van der Waals surface area contributed by atoms with Crippen LogP contribution >= 0.6 is 0 Å². The lowest BCUT2D eigenvalue weighted by Crippen LogP contribution is -2.62. The van der Waals surface area contributed by atoms with Gasteiger partial charge in [0, 0.05) is 18.3 Å². The topological polar surface area (TPSA) is 134 Å². The molecule has 4 heterocycles. The molecule has 0 aromatic carbocycles. The molecule has 0 aliphatic carbocycles. The second-order valence-electron chi connectivity index (χ2n) is 9.34. The number of pyridine rings is 2. The van der Waals surface area contributed by atoms with Gasteiger partial charge in [-0.25, -0.2) is 21.7 Å². The molecule has 2 aromatic heterocycles. The minimum Gasteiger partial charge on any atom is -0.386 e. The first kappa shape index (κ1) is 24.8. The minimum absolute atomic E-state index is 0.0818. The second-order valence-corrected chi connectivity index (χ2v) is 12.3. The van der Waals surface area contributed by atoms with Crippen LogP contribution in [0.5, 0.6) is 0 Å². The Hall–Kier alpha value is -3.33. The maximum atomic E-state index is 15.1. The van der Waals surface area contributed by atoms with E-state index in [4.69, 9.17) is 11.0 Å². The van der Waals surface area contributed by atoms with Crippen molar-refractivity contribution in [1.29, 1.82) is 5.26 Å². The lowest BCUT2D eigenvalue weighted by atomic mass is 9.87. The second kappa shape index (κ2) is 8.12. The highest BCUT2D eigenvalue weighted by molar-refractivity contribution is 7.96. The predicted molar refractivity (Wildman–Crippen MR) is 123 cm³/mol. The molecule has 184 valence electrons. The highest BCUT2D eigenvalue weighted by Gasteiger charge is 2.60. The Kier molecular flexibility index (Phi) is 5.75. The number of alkyl halides is 2. The van der Waals surface area contributed by atoms with Crippen molar-refractivity contribution in [2.75, 3.05) is 6.54 Å². The summed E-state index contributed by atoms with van der Waals surface area (Å²) < 4.78 is 60.7. The van der Waals surface area contributed by atoms with Crippen molar-refractivity contribution in [3.63, 3.8) is 0 Å². The van der Waals surface area contributed by atoms with Crippen LogP contribution in [0, 0.1) is 17.1 Å². The molecule has 4 rings (SSSR count). The Bertz CT molecular complexity index is 1410. The summed E-state index contributed by atoms with van der Waals surface area (Å²) in [6, 6.07) is 7.09. The third-order valence-corrected chi connectivity index (χ3v) is 10.2. The number of rotatable bonds is 4. The molecular weight excluding hydrogens is 481 g/mol. The monoisotopic (exact) mass is 504 g/mol. The molecule has 0 radical (unpaired) electrons. The lowest BCUT2D eigenvalue weighted by Gasteiger charge is -2.48. The van der Waals surface area contributed by atoms with Gasteiger partial charge in [0.05, 0.1) is 27.0 Å². The first-order valence-corrected chi connectivity index (χ1v) is 12.3. The van der Waals surface area contributed by atoms with E-state index < -0.39 is 55.8 Å². The van der Waals surface area contributed by atoms with E-state index in [-0.39, 0.29) is 34.9 Å². The number of hydrogen-bond acceptors (Lipinski definition) is 8. The largest absolute Gasteiger partial charge is 0.386 e. The molecule has 2 aliphatic rings. The maximum absolute atomic E-state index is 15.1. The zero-order chi connectivity index (χ0) is 25.8. The number of nitrogens with two attached hydrogens (primary N) is 1. The number of carbonyl (C=O) groups excluding carboxylic acids is 1. The summed E-state index contributed by atoms with van der Waals surface area (Å²) in [4.78, 5) is 25.3. The SMILES string of the molecule is CC1(C)C(N)=N[C@](C)(c2nc(CC(=O)c3ccc(C#N)cn3)ccc2F)[C@H]2CC(F)(F)CN=[S@@]21=O. The van der Waals surface area contributed by atoms with Crippen molar-refractivity contribution >= 4 is 21.3 Å². The van der Waals surface area contributed by atoms with Crippen LogP contribution in [0.2, 0.25) is 0 Å². The Balaban J connectivity index is 1.79. The van der Waals surface area contributed by atoms with Gasteiger partial charge in [-0.3, -0.25) is 19.8 Å². The fraction of sp³-hybridized carbons (Fsp3) is 0.435. The molecule has 0 saturated carbocycles. The fourth-order valence-electron chi connectivity index (χ4n) is 4.38. The van der Waals surface area contributed by atoms with E-state index >= 15 is 4.39 Å². The predicted octanol–water partition coefficient (Wildman–Crippen LogP) is 3.15. The summed E-state index contributed by atoms with van der Waals surface area (Å²) in [5.74, 6) is -4.65. The van der Waals surface area contributed by atoms with E-state index in [2.05, 4.69) is 19.3 Å². The first-order valence-electron chi connectivity index (χ1n) is 10.7. The number of hydrogen-bond donors (Lipinski definition) is 1. The van der Waals surface area contributed by atoms with E-state index in [1.807, 2.05) is 6.07 Å². The van der Waals surface area contributed by atoms with Crippen LogP contribution in [0.3, 0.4) is 0 Å². The highest BCUT2D eigenvalue weighted by atomic mass is 32.2. The number of carbonyl (C=O) groups is 1. The summed E-state index contributed by atoms with van der Waals surface area (Å²) in [5, 5.41) is 7.51. The zero-order valence-corrected chi connectivity index (χ0v) is 20.1. The number of halogens is 3. The van der Waals surface area contributed by atoms with E-state index in [1.165, 1.54) is 45.2 Å². The number of nitrogens with zero attached hydrogens (tertiary/aromatic N) is 5. The number of aromatic nitrogens is 2. The van der Waals surface area contributed by atoms with Gasteiger partial charge < -0.3 is 5.73 Å². The third-order valence-electron chi connectivity index (χ3n) is 6.59. The molecule has 0 spiro atoms. The summed E-state index contributed by atoms with van der Waals surface area (Å²) in [6.07, 6.45) is 0.154. The molecule has 0 unspecified atom stereocenters. The summed E-state index contributed by atoms with van der Waals surface area (Å²) in [6.45, 7) is 3.50. The summed E-state index contributed by atoms with van der Waals surface area (Å²) in [5.41, 5.74) is 4.51. The third kappa shape index (κ3) is 3.97. The Morgan fingerprint density at radius 1 is 1.26 bits per heavy atom. The van der Waals surface area contributed by atoms with Crippen LogP contribution in [0.1, 0.15) is 54.6 Å². The van der Waals surface area contributed by atoms with Crippen molar-refractivity contribution in [2.24, 2.45) is 15.1 Å². The number of fused-ring (bicyclic) bond motifs is 1. The number of ketones is 1. The molecule has 2 aromatic rings. The average molecular weight is 505 g/mol. The summed E-state index contributed by atoms with van der Waals surface area (Å²) in [7, 11) is -3.41. The number of aliphatic imine (C=N–C) groups is 1. The van der Waals surface area contributed by atoms with Gasteiger partial charge in [0.25, 0.3) is 5.92 Å². The van der Waals surface area contributed by atoms with Crippen LogP contribution < -0.4 is 5.73 Å². The fourth-order valence-corrected chi connectivity index (χ4v) is 7.58. The van der Waals surface area contributed by atoms with Gasteiger partial charge in [0.15, 0.2) is 5.78 Å². The highest BCUT2D eigenvalue weighted by Crippen LogP contribution is 2.49. The van der Waals surface area contributed by atoms with Crippen LogP contribution in [0.15, 0.2) is 39.8 Å². The van der Waals surface area contributed by atoms with E-state index in [0.29, 0.717) is 0 Å². The van der Waals surface area contributed by atoms with E-state index in [1.54, 1.807) is 0 Å². The van der Waals surface area contributed by atoms with Crippen molar-refractivity contribution < 1.29 is 22.2 Å². The summed E-state index contributed by atoms with van der Waals surface area (Å²) >= 11 is 0. The van der Waals surface area contributed by atoms with E-state index in [0.717, 1.165) is 6.07 Å². The molecule has 35 heavy (non-hydrogen) atoms. The first-order chi connectivity index (χ1) is 16.2. The van der Waals surface area contributed by atoms with Crippen molar-refractivity contribution in [1.82, 2.24) is 9.97 Å². The number of nitriles is 1. The van der Waals surface area contributed by atoms with Crippen molar-refractivity contribution in [2.45, 2.75) is 55.1 Å². The Morgan fingerprint density at radius 2 is 1.97 bits per heavy atom. The normalized spacial score (nSPS) is 28.7. The maximum Gasteiger partial charge on any atom is 0.269 e. The molecule has 0 saturated heterocycles. The van der Waals surface area contributed by atoms with Gasteiger partial charge >= 0.3 is 0 Å². The van der Waals surface area contributed by atoms with Crippen LogP contribution in [0.25, 0.3) is 0 Å². The lowest BCUT2D eigenvalue weighted by molar-refractivity contribution is -0.00687. The molecule has 2 N–H and O–H groups in total. The van der Waals surface area contributed by atoms with Gasteiger partial charge in [-0.05, 0) is 45.0 Å². The van der Waals surface area contributed by atoms with Gasteiger partial charge in [0.1, 0.15) is 45.9 Å². The van der Waals surface area contributed by atoms with Gasteiger partial charge in [-0.2, -0.15) is 5.26 Å². The van der Waals surface area contributed by atoms with E-state index in [9.17, 15) is 17.8 Å². The molecule has 0 amide bonds. The molecule has 0 bridgehead atoms. The van der Waals surface area contributed by atoms with Crippen molar-refractivity contribution in [3.8, 4) is 6.07 Å². The molecular formula is C23H23F3N6O2S. The van der Waals surface area contributed by atoms with Gasteiger partial charge in [-0.1, -0.05) is 0 Å². The Labute approximate surface area is 200 Å². The molecule has 2 aliphatic heterocycles.